The van der Waals surface area contributed by atoms with Crippen LogP contribution in [0.2, 0.25) is 0 Å². The number of hydrogen-bond donors (Lipinski definition) is 2. The van der Waals surface area contributed by atoms with Crippen molar-refractivity contribution in [2.24, 2.45) is 5.92 Å². The van der Waals surface area contributed by atoms with E-state index in [-0.39, 0.29) is 5.92 Å². The zero-order chi connectivity index (χ0) is 18.0. The number of aliphatic hydroxyl groups is 1. The van der Waals surface area contributed by atoms with Gasteiger partial charge in [-0.05, 0) is 49.1 Å². The van der Waals surface area contributed by atoms with Gasteiger partial charge < -0.3 is 19.9 Å². The van der Waals surface area contributed by atoms with E-state index in [1.807, 2.05) is 0 Å². The van der Waals surface area contributed by atoms with E-state index in [0.29, 0.717) is 28.3 Å². The Morgan fingerprint density at radius 2 is 1.76 bits per heavy atom. The highest BCUT2D eigenvalue weighted by atomic mass is 19.1. The van der Waals surface area contributed by atoms with Gasteiger partial charge in [-0.1, -0.05) is 0 Å². The zero-order valence-electron chi connectivity index (χ0n) is 14.1. The molecule has 0 radical (unpaired) electrons. The molecule has 0 aromatic heterocycles. The van der Waals surface area contributed by atoms with E-state index in [9.17, 15) is 14.3 Å². The Balaban J connectivity index is 1.94. The van der Waals surface area contributed by atoms with Crippen molar-refractivity contribution in [3.8, 4) is 11.5 Å². The molecular formula is C19H20FNO4. The van der Waals surface area contributed by atoms with Crippen LogP contribution in [0.1, 0.15) is 34.9 Å². The van der Waals surface area contributed by atoms with Crippen LogP contribution in [0.5, 0.6) is 11.5 Å². The van der Waals surface area contributed by atoms with Crippen LogP contribution >= 0.6 is 0 Å². The lowest BCUT2D eigenvalue weighted by Crippen LogP contribution is -2.15. The summed E-state index contributed by atoms with van der Waals surface area (Å²) in [5.41, 5.74) is 1.35. The van der Waals surface area contributed by atoms with Crippen molar-refractivity contribution in [1.82, 2.24) is 0 Å². The third-order valence-electron chi connectivity index (χ3n) is 4.30. The number of rotatable bonds is 6. The van der Waals surface area contributed by atoms with Gasteiger partial charge in [0.25, 0.3) is 5.91 Å². The second kappa shape index (κ2) is 7.11. The van der Waals surface area contributed by atoms with Crippen molar-refractivity contribution in [2.45, 2.75) is 18.9 Å². The summed E-state index contributed by atoms with van der Waals surface area (Å²) in [6.07, 6.45) is 1.20. The monoisotopic (exact) mass is 345 g/mol. The van der Waals surface area contributed by atoms with Crippen LogP contribution in [0.3, 0.4) is 0 Å². The maximum absolute atomic E-state index is 13.0. The van der Waals surface area contributed by atoms with Gasteiger partial charge in [-0.3, -0.25) is 4.79 Å². The molecule has 6 heteroatoms. The number of methoxy groups -OCH3 is 2. The van der Waals surface area contributed by atoms with Gasteiger partial charge in [0, 0.05) is 17.2 Å². The molecule has 1 saturated carbocycles. The summed E-state index contributed by atoms with van der Waals surface area (Å²) in [6, 6.07) is 8.57. The van der Waals surface area contributed by atoms with Gasteiger partial charge in [0.2, 0.25) is 0 Å². The van der Waals surface area contributed by atoms with E-state index in [4.69, 9.17) is 9.47 Å². The van der Waals surface area contributed by atoms with Gasteiger partial charge in [-0.2, -0.15) is 0 Å². The molecule has 25 heavy (non-hydrogen) atoms. The van der Waals surface area contributed by atoms with Crippen LogP contribution in [-0.2, 0) is 0 Å². The predicted molar refractivity (Wildman–Crippen MR) is 91.6 cm³/mol. The molecule has 5 nitrogen and oxygen atoms in total. The van der Waals surface area contributed by atoms with Crippen molar-refractivity contribution >= 4 is 11.6 Å². The number of amides is 1. The summed E-state index contributed by atoms with van der Waals surface area (Å²) in [5.74, 6) is 0.309. The molecule has 2 aromatic carbocycles. The first-order valence-corrected chi connectivity index (χ1v) is 8.04. The molecule has 1 fully saturated rings. The second-order valence-corrected chi connectivity index (χ2v) is 6.04. The molecule has 1 aliphatic rings. The van der Waals surface area contributed by atoms with Crippen LogP contribution in [0.15, 0.2) is 36.4 Å². The number of anilines is 1. The zero-order valence-corrected chi connectivity index (χ0v) is 14.1. The average molecular weight is 345 g/mol. The summed E-state index contributed by atoms with van der Waals surface area (Å²) in [5, 5.41) is 13.3. The number of hydrogen-bond acceptors (Lipinski definition) is 4. The molecule has 0 aliphatic heterocycles. The lowest BCUT2D eigenvalue weighted by atomic mass is 10.0. The van der Waals surface area contributed by atoms with Crippen LogP contribution in [0, 0.1) is 11.7 Å². The summed E-state index contributed by atoms with van der Waals surface area (Å²) < 4.78 is 23.6. The summed E-state index contributed by atoms with van der Waals surface area (Å²) in [4.78, 5) is 12.5. The minimum absolute atomic E-state index is 0.180. The van der Waals surface area contributed by atoms with E-state index < -0.39 is 17.8 Å². The Labute approximate surface area is 145 Å². The van der Waals surface area contributed by atoms with Gasteiger partial charge >= 0.3 is 0 Å². The average Bonchev–Trinajstić information content (AvgIpc) is 3.46. The van der Waals surface area contributed by atoms with Gasteiger partial charge in [-0.25, -0.2) is 4.39 Å². The first kappa shape index (κ1) is 17.2. The molecule has 1 atom stereocenters. The molecule has 1 aliphatic carbocycles. The predicted octanol–water partition coefficient (Wildman–Crippen LogP) is 3.54. The number of carbonyl (C=O) groups excluding carboxylic acids is 1. The highest BCUT2D eigenvalue weighted by molar-refractivity contribution is 6.04. The molecule has 0 heterocycles. The molecule has 0 spiro atoms. The molecule has 0 bridgehead atoms. The molecule has 3 rings (SSSR count). The molecule has 1 unspecified atom stereocenters. The van der Waals surface area contributed by atoms with E-state index in [1.165, 1.54) is 38.5 Å². The van der Waals surface area contributed by atoms with Crippen LogP contribution < -0.4 is 14.8 Å². The quantitative estimate of drug-likeness (QED) is 0.840. The second-order valence-electron chi connectivity index (χ2n) is 6.04. The number of nitrogens with one attached hydrogen (secondary N) is 1. The standard InChI is InChI=1S/C19H20FNO4/c1-24-16-9-14(18(22)11-3-4-11)15(10-17(16)25-2)21-19(23)12-5-7-13(20)8-6-12/h5-11,18,22H,3-4H2,1-2H3,(H,21,23). The third kappa shape index (κ3) is 3.74. The molecule has 1 amide bonds. The highest BCUT2D eigenvalue weighted by Gasteiger charge is 2.33. The Morgan fingerprint density at radius 1 is 1.16 bits per heavy atom. The largest absolute Gasteiger partial charge is 0.493 e. The van der Waals surface area contributed by atoms with Crippen LogP contribution in [-0.4, -0.2) is 25.2 Å². The fourth-order valence-corrected chi connectivity index (χ4v) is 2.71. The summed E-state index contributed by atoms with van der Waals surface area (Å²) >= 11 is 0. The van der Waals surface area contributed by atoms with E-state index in [2.05, 4.69) is 5.32 Å². The van der Waals surface area contributed by atoms with Crippen LogP contribution in [0.25, 0.3) is 0 Å². The highest BCUT2D eigenvalue weighted by Crippen LogP contribution is 2.45. The van der Waals surface area contributed by atoms with Gasteiger partial charge in [0.1, 0.15) is 5.82 Å². The Kier molecular flexibility index (Phi) is 4.90. The van der Waals surface area contributed by atoms with Crippen molar-refractivity contribution in [3.63, 3.8) is 0 Å². The molecule has 2 N–H and O–H groups in total. The van der Waals surface area contributed by atoms with Gasteiger partial charge in [-0.15, -0.1) is 0 Å². The number of benzene rings is 2. The van der Waals surface area contributed by atoms with E-state index in [0.717, 1.165) is 12.8 Å². The molecular weight excluding hydrogens is 325 g/mol. The molecule has 2 aromatic rings. The van der Waals surface area contributed by atoms with E-state index >= 15 is 0 Å². The van der Waals surface area contributed by atoms with Crippen molar-refractivity contribution in [1.29, 1.82) is 0 Å². The minimum Gasteiger partial charge on any atom is -0.493 e. The van der Waals surface area contributed by atoms with Crippen molar-refractivity contribution in [3.05, 3.63) is 53.3 Å². The lowest BCUT2D eigenvalue weighted by molar-refractivity contribution is 0.102. The summed E-state index contributed by atoms with van der Waals surface area (Å²) in [6.45, 7) is 0. The van der Waals surface area contributed by atoms with Crippen LogP contribution in [0.4, 0.5) is 10.1 Å². The summed E-state index contributed by atoms with van der Waals surface area (Å²) in [7, 11) is 3.02. The normalized spacial score (nSPS) is 14.7. The van der Waals surface area contributed by atoms with Gasteiger partial charge in [0.15, 0.2) is 11.5 Å². The number of ether oxygens (including phenoxy) is 2. The number of carbonyl (C=O) groups is 1. The smallest absolute Gasteiger partial charge is 0.255 e. The Bertz CT molecular complexity index is 772. The van der Waals surface area contributed by atoms with Crippen molar-refractivity contribution < 1.29 is 23.8 Å². The number of aliphatic hydroxyl groups excluding tert-OH is 1. The first-order valence-electron chi connectivity index (χ1n) is 8.04. The fraction of sp³-hybridized carbons (Fsp3) is 0.316. The first-order chi connectivity index (χ1) is 12.0. The Hall–Kier alpha value is -2.60. The minimum atomic E-state index is -0.691. The van der Waals surface area contributed by atoms with E-state index in [1.54, 1.807) is 12.1 Å². The molecule has 132 valence electrons. The van der Waals surface area contributed by atoms with Crippen molar-refractivity contribution in [2.75, 3.05) is 19.5 Å². The number of halogens is 1. The molecule has 0 saturated heterocycles. The maximum Gasteiger partial charge on any atom is 0.255 e. The topological polar surface area (TPSA) is 67.8 Å². The maximum atomic E-state index is 13.0. The Morgan fingerprint density at radius 3 is 2.32 bits per heavy atom. The lowest BCUT2D eigenvalue weighted by Gasteiger charge is -2.19. The fourth-order valence-electron chi connectivity index (χ4n) is 2.71. The third-order valence-corrected chi connectivity index (χ3v) is 4.30. The SMILES string of the molecule is COc1cc(NC(=O)c2ccc(F)cc2)c(C(O)C2CC2)cc1OC. The van der Waals surface area contributed by atoms with Gasteiger partial charge in [0.05, 0.1) is 26.0 Å².